The quantitative estimate of drug-likeness (QED) is 0.688. The van der Waals surface area contributed by atoms with Crippen molar-refractivity contribution in [3.8, 4) is 0 Å². The van der Waals surface area contributed by atoms with E-state index in [4.69, 9.17) is 0 Å². The number of nitrogens with one attached hydrogen (secondary N) is 1. The monoisotopic (exact) mass is 383 g/mol. The van der Waals surface area contributed by atoms with Crippen LogP contribution in [0.5, 0.6) is 0 Å². The average molecular weight is 384 g/mol. The number of nitrogens with zero attached hydrogens (tertiary/aromatic N) is 2. The third-order valence-corrected chi connectivity index (χ3v) is 6.53. The van der Waals surface area contributed by atoms with Crippen LogP contribution in [-0.4, -0.2) is 41.5 Å². The van der Waals surface area contributed by atoms with E-state index in [1.165, 1.54) is 24.0 Å². The van der Waals surface area contributed by atoms with Crippen molar-refractivity contribution in [3.05, 3.63) is 30.0 Å². The van der Waals surface area contributed by atoms with Crippen LogP contribution in [0.4, 0.5) is 5.69 Å². The van der Waals surface area contributed by atoms with E-state index < -0.39 is 0 Å². The van der Waals surface area contributed by atoms with Gasteiger partial charge in [-0.15, -0.1) is 0 Å². The van der Waals surface area contributed by atoms with Crippen molar-refractivity contribution >= 4 is 22.5 Å². The van der Waals surface area contributed by atoms with E-state index >= 15 is 0 Å². The molecule has 1 aliphatic rings. The van der Waals surface area contributed by atoms with Crippen molar-refractivity contribution in [2.75, 3.05) is 24.5 Å². The Morgan fingerprint density at radius 3 is 2.50 bits per heavy atom. The number of aromatic amines is 1. The van der Waals surface area contributed by atoms with Crippen molar-refractivity contribution in [3.63, 3.8) is 0 Å². The minimum Gasteiger partial charge on any atom is -0.358 e. The molecule has 28 heavy (non-hydrogen) atoms. The molecule has 0 atom stereocenters. The fraction of sp³-hybridized carbons (Fsp3) is 0.625. The highest BCUT2D eigenvalue weighted by molar-refractivity contribution is 5.96. The number of rotatable bonds is 7. The van der Waals surface area contributed by atoms with Crippen LogP contribution >= 0.6 is 0 Å². The van der Waals surface area contributed by atoms with Crippen LogP contribution in [0.15, 0.2) is 24.3 Å². The summed E-state index contributed by atoms with van der Waals surface area (Å²) in [6.45, 7) is 14.3. The molecule has 0 bridgehead atoms. The fourth-order valence-corrected chi connectivity index (χ4v) is 4.27. The summed E-state index contributed by atoms with van der Waals surface area (Å²) in [4.78, 5) is 21.1. The van der Waals surface area contributed by atoms with Crippen LogP contribution in [0.25, 0.3) is 10.9 Å². The number of carbonyl (C=O) groups is 1. The van der Waals surface area contributed by atoms with E-state index in [1.807, 2.05) is 6.92 Å². The van der Waals surface area contributed by atoms with E-state index in [9.17, 15) is 4.79 Å². The second-order valence-electron chi connectivity index (χ2n) is 8.88. The SMILES string of the molecule is CCCN1CCC(N(C(=O)CC)c2ccc3[nH]c(C(C)(C)CC)cc3c2)CC1. The summed E-state index contributed by atoms with van der Waals surface area (Å²) in [5.74, 6) is 0.234. The number of benzene rings is 1. The summed E-state index contributed by atoms with van der Waals surface area (Å²) in [5.41, 5.74) is 3.60. The molecule has 1 aliphatic heterocycles. The maximum atomic E-state index is 12.9. The lowest BCUT2D eigenvalue weighted by Crippen LogP contribution is -2.47. The van der Waals surface area contributed by atoms with Crippen molar-refractivity contribution in [1.82, 2.24) is 9.88 Å². The second-order valence-corrected chi connectivity index (χ2v) is 8.88. The first kappa shape index (κ1) is 20.9. The Labute approximate surface area is 170 Å². The van der Waals surface area contributed by atoms with Crippen LogP contribution in [0.2, 0.25) is 0 Å². The number of piperidine rings is 1. The molecule has 1 aromatic heterocycles. The molecule has 0 unspecified atom stereocenters. The lowest BCUT2D eigenvalue weighted by molar-refractivity contribution is -0.119. The van der Waals surface area contributed by atoms with Gasteiger partial charge in [0, 0.05) is 53.3 Å². The van der Waals surface area contributed by atoms with E-state index in [1.54, 1.807) is 0 Å². The predicted octanol–water partition coefficient (Wildman–Crippen LogP) is 5.47. The van der Waals surface area contributed by atoms with Gasteiger partial charge in [-0.2, -0.15) is 0 Å². The minimum absolute atomic E-state index is 0.129. The van der Waals surface area contributed by atoms with E-state index in [-0.39, 0.29) is 11.3 Å². The Balaban J connectivity index is 1.88. The van der Waals surface area contributed by atoms with Gasteiger partial charge >= 0.3 is 0 Å². The number of hydrogen-bond acceptors (Lipinski definition) is 2. The summed E-state index contributed by atoms with van der Waals surface area (Å²) in [6, 6.07) is 9.03. The van der Waals surface area contributed by atoms with E-state index in [0.717, 1.165) is 43.6 Å². The number of carbonyl (C=O) groups excluding carboxylic acids is 1. The van der Waals surface area contributed by atoms with Crippen LogP contribution in [0.3, 0.4) is 0 Å². The molecule has 0 radical (unpaired) electrons. The van der Waals surface area contributed by atoms with Gasteiger partial charge in [-0.05, 0) is 56.5 Å². The molecule has 3 rings (SSSR count). The highest BCUT2D eigenvalue weighted by atomic mass is 16.2. The molecule has 0 spiro atoms. The zero-order chi connectivity index (χ0) is 20.3. The van der Waals surface area contributed by atoms with Gasteiger partial charge < -0.3 is 14.8 Å². The molecule has 1 fully saturated rings. The second kappa shape index (κ2) is 8.69. The van der Waals surface area contributed by atoms with Crippen molar-refractivity contribution in [2.24, 2.45) is 0 Å². The third kappa shape index (κ3) is 4.27. The Morgan fingerprint density at radius 1 is 1.18 bits per heavy atom. The lowest BCUT2D eigenvalue weighted by Gasteiger charge is -2.38. The maximum Gasteiger partial charge on any atom is 0.226 e. The summed E-state index contributed by atoms with van der Waals surface area (Å²) >= 11 is 0. The van der Waals surface area contributed by atoms with Gasteiger partial charge in [-0.1, -0.05) is 34.6 Å². The van der Waals surface area contributed by atoms with Crippen molar-refractivity contribution in [1.29, 1.82) is 0 Å². The van der Waals surface area contributed by atoms with Crippen molar-refractivity contribution < 1.29 is 4.79 Å². The largest absolute Gasteiger partial charge is 0.358 e. The molecule has 0 aliphatic carbocycles. The van der Waals surface area contributed by atoms with Gasteiger partial charge in [-0.25, -0.2) is 0 Å². The molecule has 1 saturated heterocycles. The predicted molar refractivity (Wildman–Crippen MR) is 119 cm³/mol. The van der Waals surface area contributed by atoms with Gasteiger partial charge in [0.05, 0.1) is 0 Å². The molecule has 1 N–H and O–H groups in total. The normalized spacial score (nSPS) is 16.6. The van der Waals surface area contributed by atoms with Crippen LogP contribution in [-0.2, 0) is 10.2 Å². The number of H-pyrrole nitrogens is 1. The summed E-state index contributed by atoms with van der Waals surface area (Å²) in [5, 5.41) is 1.20. The van der Waals surface area contributed by atoms with Crippen LogP contribution in [0, 0.1) is 0 Å². The molecule has 4 nitrogen and oxygen atoms in total. The van der Waals surface area contributed by atoms with Gasteiger partial charge in [0.1, 0.15) is 0 Å². The number of likely N-dealkylation sites (tertiary alicyclic amines) is 1. The standard InChI is InChI=1S/C24H37N3O/c1-6-13-26-14-11-19(12-15-26)27(23(28)7-2)20-9-10-21-18(16-20)17-22(25-21)24(4,5)8-3/h9-10,16-17,19,25H,6-8,11-15H2,1-5H3. The average Bonchev–Trinajstić information content (AvgIpc) is 3.14. The Morgan fingerprint density at radius 2 is 1.89 bits per heavy atom. The zero-order valence-corrected chi connectivity index (χ0v) is 18.3. The molecule has 1 aromatic carbocycles. The molecule has 0 saturated carbocycles. The Kier molecular flexibility index (Phi) is 6.49. The highest BCUT2D eigenvalue weighted by Gasteiger charge is 2.28. The first-order chi connectivity index (χ1) is 13.4. The summed E-state index contributed by atoms with van der Waals surface area (Å²) in [6.07, 6.45) is 4.96. The van der Waals surface area contributed by atoms with Gasteiger partial charge in [0.25, 0.3) is 0 Å². The van der Waals surface area contributed by atoms with Crippen LogP contribution in [0.1, 0.15) is 72.4 Å². The first-order valence-electron chi connectivity index (χ1n) is 11.1. The third-order valence-electron chi connectivity index (χ3n) is 6.53. The smallest absolute Gasteiger partial charge is 0.226 e. The number of amides is 1. The molecule has 2 aromatic rings. The number of hydrogen-bond donors (Lipinski definition) is 1. The van der Waals surface area contributed by atoms with E-state index in [2.05, 4.69) is 66.7 Å². The van der Waals surface area contributed by atoms with Gasteiger partial charge in [-0.3, -0.25) is 4.79 Å². The number of aromatic nitrogens is 1. The molecule has 154 valence electrons. The van der Waals surface area contributed by atoms with Gasteiger partial charge in [0.2, 0.25) is 5.91 Å². The van der Waals surface area contributed by atoms with Gasteiger partial charge in [0.15, 0.2) is 0 Å². The Bertz CT molecular complexity index is 799. The summed E-state index contributed by atoms with van der Waals surface area (Å²) in [7, 11) is 0. The number of fused-ring (bicyclic) bond motifs is 1. The van der Waals surface area contributed by atoms with E-state index in [0.29, 0.717) is 12.5 Å². The lowest BCUT2D eigenvalue weighted by atomic mass is 9.86. The molecule has 4 heteroatoms. The minimum atomic E-state index is 0.129. The topological polar surface area (TPSA) is 39.3 Å². The van der Waals surface area contributed by atoms with Crippen LogP contribution < -0.4 is 4.90 Å². The molecule has 1 amide bonds. The first-order valence-corrected chi connectivity index (χ1v) is 11.1. The maximum absolute atomic E-state index is 12.9. The number of anilines is 1. The zero-order valence-electron chi connectivity index (χ0n) is 18.3. The highest BCUT2D eigenvalue weighted by Crippen LogP contribution is 2.32. The summed E-state index contributed by atoms with van der Waals surface area (Å²) < 4.78 is 0. The fourth-order valence-electron chi connectivity index (χ4n) is 4.27. The molecular formula is C24H37N3O. The molecule has 2 heterocycles. The van der Waals surface area contributed by atoms with Crippen molar-refractivity contribution in [2.45, 2.75) is 78.2 Å². The Hall–Kier alpha value is -1.81. The molecular weight excluding hydrogens is 346 g/mol.